The van der Waals surface area contributed by atoms with E-state index in [2.05, 4.69) is 25.4 Å². The topological polar surface area (TPSA) is 81.6 Å². The van der Waals surface area contributed by atoms with Crippen LogP contribution in [0.2, 0.25) is 0 Å². The largest absolute Gasteiger partial charge is 0.486 e. The van der Waals surface area contributed by atoms with E-state index in [1.807, 2.05) is 19.2 Å². The Balaban J connectivity index is 1.39. The molecule has 0 radical (unpaired) electrons. The number of hydrogen-bond acceptors (Lipinski definition) is 8. The van der Waals surface area contributed by atoms with Crippen LogP contribution in [0.15, 0.2) is 30.5 Å². The van der Waals surface area contributed by atoms with Gasteiger partial charge in [-0.05, 0) is 31.9 Å². The van der Waals surface area contributed by atoms with Gasteiger partial charge in [-0.15, -0.1) is 10.2 Å². The lowest BCUT2D eigenvalue weighted by molar-refractivity contribution is -0.0214. The summed E-state index contributed by atoms with van der Waals surface area (Å²) in [6, 6.07) is 7.16. The van der Waals surface area contributed by atoms with Crippen molar-refractivity contribution in [1.29, 1.82) is 0 Å². The van der Waals surface area contributed by atoms with Gasteiger partial charge in [0.05, 0.1) is 61.3 Å². The number of nitrogens with one attached hydrogen (secondary N) is 1. The molecule has 0 amide bonds. The van der Waals surface area contributed by atoms with Gasteiger partial charge in [-0.25, -0.2) is 4.98 Å². The monoisotopic (exact) mass is 469 g/mol. The van der Waals surface area contributed by atoms with E-state index < -0.39 is 12.5 Å². The van der Waals surface area contributed by atoms with Crippen LogP contribution in [0.25, 0.3) is 10.9 Å². The SMILES string of the molecule is COc1nnc(N[C@H](C)c2cccc3c2OCC3(F)F)c2cc(N3C4CCC3COC4)cnc12. The first-order chi connectivity index (χ1) is 16.5. The van der Waals surface area contributed by atoms with Crippen molar-refractivity contribution in [2.75, 3.05) is 37.1 Å². The number of hydrogen-bond donors (Lipinski definition) is 1. The number of halogens is 2. The van der Waals surface area contributed by atoms with Crippen LogP contribution in [0.5, 0.6) is 11.6 Å². The summed E-state index contributed by atoms with van der Waals surface area (Å²) in [7, 11) is 1.53. The minimum Gasteiger partial charge on any atom is -0.486 e. The van der Waals surface area contributed by atoms with Crippen molar-refractivity contribution < 1.29 is 23.0 Å². The number of methoxy groups -OCH3 is 1. The number of ether oxygens (including phenoxy) is 3. The first-order valence-corrected chi connectivity index (χ1v) is 11.4. The summed E-state index contributed by atoms with van der Waals surface area (Å²) < 4.78 is 44.9. The number of pyridine rings is 1. The molecular weight excluding hydrogens is 444 g/mol. The van der Waals surface area contributed by atoms with Crippen LogP contribution >= 0.6 is 0 Å². The third-order valence-electron chi connectivity index (χ3n) is 6.96. The summed E-state index contributed by atoms with van der Waals surface area (Å²) in [4.78, 5) is 7.05. The highest BCUT2D eigenvalue weighted by Crippen LogP contribution is 2.45. The summed E-state index contributed by atoms with van der Waals surface area (Å²) in [6.45, 7) is 2.65. The molecule has 2 aromatic heterocycles. The van der Waals surface area contributed by atoms with Crippen LogP contribution in [-0.4, -0.2) is 54.2 Å². The molecule has 0 saturated carbocycles. The fourth-order valence-electron chi connectivity index (χ4n) is 5.31. The maximum atomic E-state index is 14.2. The molecule has 5 heterocycles. The maximum Gasteiger partial charge on any atom is 0.310 e. The maximum absolute atomic E-state index is 14.2. The average Bonchev–Trinajstić information content (AvgIpc) is 3.29. The number of benzene rings is 1. The van der Waals surface area contributed by atoms with Gasteiger partial charge in [0.1, 0.15) is 11.3 Å². The summed E-state index contributed by atoms with van der Waals surface area (Å²) in [5, 5.41) is 12.6. The predicted molar refractivity (Wildman–Crippen MR) is 122 cm³/mol. The number of alkyl halides is 2. The van der Waals surface area contributed by atoms with E-state index in [-0.39, 0.29) is 17.4 Å². The molecule has 1 N–H and O–H groups in total. The molecule has 8 nitrogen and oxygen atoms in total. The van der Waals surface area contributed by atoms with Gasteiger partial charge in [0, 0.05) is 5.56 Å². The molecule has 2 saturated heterocycles. The molecule has 1 aromatic carbocycles. The quantitative estimate of drug-likeness (QED) is 0.599. The number of nitrogens with zero attached hydrogens (tertiary/aromatic N) is 4. The average molecular weight is 469 g/mol. The summed E-state index contributed by atoms with van der Waals surface area (Å²) in [5.74, 6) is -1.94. The predicted octanol–water partition coefficient (Wildman–Crippen LogP) is 4.06. The summed E-state index contributed by atoms with van der Waals surface area (Å²) in [5.41, 5.74) is 2.13. The highest BCUT2D eigenvalue weighted by Gasteiger charge is 2.43. The van der Waals surface area contributed by atoms with E-state index >= 15 is 0 Å². The van der Waals surface area contributed by atoms with Crippen molar-refractivity contribution in [3.8, 4) is 11.6 Å². The number of morpholine rings is 1. The molecule has 3 aliphatic rings. The van der Waals surface area contributed by atoms with E-state index in [0.29, 0.717) is 48.1 Å². The minimum atomic E-state index is -2.99. The van der Waals surface area contributed by atoms with Crippen molar-refractivity contribution in [2.24, 2.45) is 0 Å². The summed E-state index contributed by atoms with van der Waals surface area (Å²) >= 11 is 0. The molecule has 0 aliphatic carbocycles. The van der Waals surface area contributed by atoms with E-state index in [0.717, 1.165) is 23.9 Å². The van der Waals surface area contributed by atoms with Crippen molar-refractivity contribution in [3.63, 3.8) is 0 Å². The zero-order chi connectivity index (χ0) is 23.4. The molecule has 6 rings (SSSR count). The Kier molecular flexibility index (Phi) is 4.94. The standard InChI is InChI=1S/C24H25F2N5O3/c1-13(17-4-3-5-19-21(17)34-12-24(19,25)26)28-22-18-8-16(9-27-20(18)23(32-2)30-29-22)31-14-6-7-15(31)11-33-10-14/h3-5,8-9,13-15H,6-7,10-12H2,1-2H3,(H,28,29)/t13-,14?,15?/m1/s1. The molecule has 2 fully saturated rings. The van der Waals surface area contributed by atoms with Crippen LogP contribution < -0.4 is 19.7 Å². The highest BCUT2D eigenvalue weighted by molar-refractivity contribution is 5.94. The smallest absolute Gasteiger partial charge is 0.310 e. The number of aromatic nitrogens is 3. The van der Waals surface area contributed by atoms with Gasteiger partial charge in [-0.1, -0.05) is 12.1 Å². The lowest BCUT2D eigenvalue weighted by atomic mass is 10.0. The fourth-order valence-corrected chi connectivity index (χ4v) is 5.31. The summed E-state index contributed by atoms with van der Waals surface area (Å²) in [6.07, 6.45) is 4.02. The second kappa shape index (κ2) is 7.90. The molecule has 10 heteroatoms. The number of rotatable bonds is 5. The Labute approximate surface area is 195 Å². The van der Waals surface area contributed by atoms with E-state index in [1.54, 1.807) is 12.1 Å². The molecule has 2 unspecified atom stereocenters. The third-order valence-corrected chi connectivity index (χ3v) is 6.96. The molecule has 2 bridgehead atoms. The van der Waals surface area contributed by atoms with Gasteiger partial charge in [-0.3, -0.25) is 0 Å². The van der Waals surface area contributed by atoms with Crippen LogP contribution in [0.3, 0.4) is 0 Å². The molecule has 3 aliphatic heterocycles. The van der Waals surface area contributed by atoms with Gasteiger partial charge in [0.15, 0.2) is 12.4 Å². The first kappa shape index (κ1) is 21.3. The lowest BCUT2D eigenvalue weighted by Gasteiger charge is -2.36. The zero-order valence-electron chi connectivity index (χ0n) is 18.9. The van der Waals surface area contributed by atoms with Gasteiger partial charge >= 0.3 is 5.92 Å². The Morgan fingerprint density at radius 1 is 1.21 bits per heavy atom. The highest BCUT2D eigenvalue weighted by atomic mass is 19.3. The second-order valence-electron chi connectivity index (χ2n) is 9.06. The minimum absolute atomic E-state index is 0.0870. The van der Waals surface area contributed by atoms with Crippen molar-refractivity contribution in [2.45, 2.75) is 43.8 Å². The van der Waals surface area contributed by atoms with Crippen LogP contribution in [0.1, 0.15) is 36.9 Å². The number of fused-ring (bicyclic) bond motifs is 4. The molecule has 0 spiro atoms. The second-order valence-corrected chi connectivity index (χ2v) is 9.06. The van der Waals surface area contributed by atoms with Crippen molar-refractivity contribution in [1.82, 2.24) is 15.2 Å². The lowest BCUT2D eigenvalue weighted by Crippen LogP contribution is -2.45. The van der Waals surface area contributed by atoms with Crippen molar-refractivity contribution in [3.05, 3.63) is 41.6 Å². The van der Waals surface area contributed by atoms with E-state index in [9.17, 15) is 8.78 Å². The van der Waals surface area contributed by atoms with Gasteiger partial charge in [0.2, 0.25) is 0 Å². The van der Waals surface area contributed by atoms with Crippen molar-refractivity contribution >= 4 is 22.4 Å². The number of para-hydroxylation sites is 1. The van der Waals surface area contributed by atoms with Crippen LogP contribution in [0, 0.1) is 0 Å². The molecular formula is C24H25F2N5O3. The fraction of sp³-hybridized carbons (Fsp3) is 0.458. The molecule has 3 atom stereocenters. The van der Waals surface area contributed by atoms with E-state index in [4.69, 9.17) is 14.2 Å². The first-order valence-electron chi connectivity index (χ1n) is 11.4. The van der Waals surface area contributed by atoms with Crippen LogP contribution in [0.4, 0.5) is 20.3 Å². The molecule has 3 aromatic rings. The Morgan fingerprint density at radius 2 is 2.00 bits per heavy atom. The van der Waals surface area contributed by atoms with Crippen LogP contribution in [-0.2, 0) is 10.7 Å². The Bertz CT molecular complexity index is 1240. The third kappa shape index (κ3) is 3.31. The number of anilines is 2. The van der Waals surface area contributed by atoms with Gasteiger partial charge < -0.3 is 24.4 Å². The normalized spacial score (nSPS) is 23.5. The Morgan fingerprint density at radius 3 is 2.76 bits per heavy atom. The Hall–Kier alpha value is -3.27. The van der Waals surface area contributed by atoms with Gasteiger partial charge in [0.25, 0.3) is 5.88 Å². The van der Waals surface area contributed by atoms with Gasteiger partial charge in [-0.2, -0.15) is 8.78 Å². The molecule has 34 heavy (non-hydrogen) atoms. The molecule has 178 valence electrons. The van der Waals surface area contributed by atoms with E-state index in [1.165, 1.54) is 13.2 Å². The zero-order valence-corrected chi connectivity index (χ0v) is 18.9.